The smallest absolute Gasteiger partial charge is 0.296 e. The van der Waals surface area contributed by atoms with E-state index >= 15 is 0 Å². The van der Waals surface area contributed by atoms with Gasteiger partial charge in [0.1, 0.15) is 0 Å². The zero-order chi connectivity index (χ0) is 10.1. The van der Waals surface area contributed by atoms with Crippen LogP contribution in [0.25, 0.3) is 5.53 Å². The van der Waals surface area contributed by atoms with Crippen LogP contribution in [0.1, 0.15) is 0 Å². The summed E-state index contributed by atoms with van der Waals surface area (Å²) in [6, 6.07) is 0. The monoisotopic (exact) mass is 181 g/mol. The average Bonchev–Trinajstić information content (AvgIpc) is 1.85. The highest BCUT2D eigenvalue weighted by atomic mass is 16.8. The zero-order valence-electron chi connectivity index (χ0n) is 5.71. The molecule has 0 saturated heterocycles. The van der Waals surface area contributed by atoms with E-state index in [-0.39, 0.29) is 5.96 Å². The molecule has 0 rings (SSSR count). The van der Waals surface area contributed by atoms with Crippen molar-refractivity contribution in [3.63, 3.8) is 0 Å². The molecule has 0 aliphatic rings. The molecule has 0 atom stereocenters. The zero-order valence-corrected chi connectivity index (χ0v) is 5.71. The molecule has 0 aromatic rings. The minimum Gasteiger partial charge on any atom is -0.296 e. The summed E-state index contributed by atoms with van der Waals surface area (Å²) in [5.74, 6) is 4.67. The first kappa shape index (κ1) is 12.4. The second-order valence-electron chi connectivity index (χ2n) is 1.16. The maximum Gasteiger partial charge on any atom is 0.360 e. The molecule has 0 heterocycles. The molecule has 11 heteroatoms. The lowest BCUT2D eigenvalue weighted by Gasteiger charge is -1.92. The maximum atomic E-state index is 9.01. The summed E-state index contributed by atoms with van der Waals surface area (Å²) in [5, 5.41) is 17.3. The largest absolute Gasteiger partial charge is 0.360 e. The number of hydrogen-bond acceptors (Lipinski definition) is 5. The number of nitro groups is 2. The predicted octanol–water partition coefficient (Wildman–Crippen LogP) is -4.04. The highest BCUT2D eigenvalue weighted by molar-refractivity contribution is 5.68. The van der Waals surface area contributed by atoms with E-state index in [1.54, 1.807) is 5.53 Å². The minimum atomic E-state index is -1.38. The van der Waals surface area contributed by atoms with Crippen LogP contribution in [0.4, 0.5) is 0 Å². The molecule has 0 radical (unpaired) electrons. The van der Waals surface area contributed by atoms with Crippen molar-refractivity contribution in [2.24, 2.45) is 17.3 Å². The predicted molar refractivity (Wildman–Crippen MR) is 35.9 cm³/mol. The van der Waals surface area contributed by atoms with Crippen LogP contribution < -0.4 is 22.4 Å². The van der Waals surface area contributed by atoms with Crippen molar-refractivity contribution >= 4 is 5.96 Å². The number of nitrogens with one attached hydrogen (secondary N) is 1. The Morgan fingerprint density at radius 3 is 1.50 bits per heavy atom. The van der Waals surface area contributed by atoms with Crippen molar-refractivity contribution in [1.29, 1.82) is 0 Å². The van der Waals surface area contributed by atoms with Gasteiger partial charge in [0.15, 0.2) is 0 Å². The van der Waals surface area contributed by atoms with E-state index in [0.29, 0.717) is 0 Å². The molecule has 0 aromatic heterocycles. The highest BCUT2D eigenvalue weighted by Gasteiger charge is 1.84. The van der Waals surface area contributed by atoms with Gasteiger partial charge in [-0.3, -0.25) is 37.5 Å². The van der Waals surface area contributed by atoms with Gasteiger partial charge in [0.05, 0.1) is 0 Å². The molecule has 70 valence electrons. The lowest BCUT2D eigenvalue weighted by molar-refractivity contribution is -0.618. The molecule has 0 aromatic carbocycles. The van der Waals surface area contributed by atoms with E-state index in [1.807, 2.05) is 5.10 Å². The summed E-state index contributed by atoms with van der Waals surface area (Å²) in [4.78, 5) is 18.0. The van der Waals surface area contributed by atoms with Gasteiger partial charge in [-0.05, 0) is 5.53 Å². The van der Waals surface area contributed by atoms with E-state index in [2.05, 4.69) is 5.84 Å². The number of nitrogens with zero attached hydrogens (tertiary/aromatic N) is 3. The van der Waals surface area contributed by atoms with Crippen LogP contribution in [0.3, 0.4) is 0 Å². The quantitative estimate of drug-likeness (QED) is 0.109. The summed E-state index contributed by atoms with van der Waals surface area (Å²) in [6.45, 7) is 0. The number of rotatable bonds is 2. The van der Waals surface area contributed by atoms with Gasteiger partial charge in [-0.1, -0.05) is 0 Å². The molecule has 0 aliphatic heterocycles. The average molecular weight is 181 g/mol. The maximum absolute atomic E-state index is 9.01. The molecule has 0 fully saturated rings. The lowest BCUT2D eigenvalue weighted by atomic mass is 11.1. The molecule has 11 nitrogen and oxygen atoms in total. The van der Waals surface area contributed by atoms with Crippen molar-refractivity contribution in [2.45, 2.75) is 0 Å². The summed E-state index contributed by atoms with van der Waals surface area (Å²) >= 11 is 0. The minimum absolute atomic E-state index is 0.0324. The number of hydrazine groups is 1. The Hall–Kier alpha value is -2.33. The lowest BCUT2D eigenvalue weighted by Crippen LogP contribution is -2.84. The van der Waals surface area contributed by atoms with Gasteiger partial charge in [-0.25, -0.2) is 0 Å². The molecule has 0 unspecified atom stereocenters. The second-order valence-corrected chi connectivity index (χ2v) is 1.16. The molecule has 0 aliphatic carbocycles. The molecule has 0 saturated carbocycles. The van der Waals surface area contributed by atoms with Crippen molar-refractivity contribution in [3.8, 4) is 0 Å². The van der Waals surface area contributed by atoms with E-state index in [1.165, 1.54) is 0 Å². The van der Waals surface area contributed by atoms with E-state index in [0.717, 1.165) is 0 Å². The van der Waals surface area contributed by atoms with E-state index < -0.39 is 10.1 Å². The Labute approximate surface area is 65.4 Å². The summed E-state index contributed by atoms with van der Waals surface area (Å²) < 4.78 is 0. The molecule has 0 spiro atoms. The van der Waals surface area contributed by atoms with Gasteiger partial charge in [-0.2, -0.15) is 5.10 Å². The number of hydrogen-bond donors (Lipinski definition) is 4. The third-order valence-corrected chi connectivity index (χ3v) is 0.313. The van der Waals surface area contributed by atoms with Crippen molar-refractivity contribution in [3.05, 3.63) is 25.8 Å². The third kappa shape index (κ3) is 25.3. The highest BCUT2D eigenvalue weighted by Crippen LogP contribution is 1.82. The molecular weight excluding hydrogens is 174 g/mol. The van der Waals surface area contributed by atoms with Crippen LogP contribution in [0.2, 0.25) is 0 Å². The topological polar surface area (TPSA) is 192 Å². The van der Waals surface area contributed by atoms with Crippen LogP contribution in [-0.4, -0.2) is 16.0 Å². The van der Waals surface area contributed by atoms with E-state index in [4.69, 9.17) is 31.7 Å². The van der Waals surface area contributed by atoms with Gasteiger partial charge in [0, 0.05) is 10.1 Å². The number of guanidine groups is 1. The molecular formula is CH7N7O4. The van der Waals surface area contributed by atoms with E-state index in [9.17, 15) is 0 Å². The first-order valence-corrected chi connectivity index (χ1v) is 2.25. The fourth-order valence-corrected chi connectivity index (χ4v) is 0.0596. The fourth-order valence-electron chi connectivity index (χ4n) is 0.0596. The van der Waals surface area contributed by atoms with Gasteiger partial charge >= 0.3 is 5.96 Å². The van der Waals surface area contributed by atoms with Crippen molar-refractivity contribution < 1.29 is 15.2 Å². The first-order valence-electron chi connectivity index (χ1n) is 2.25. The van der Waals surface area contributed by atoms with Gasteiger partial charge in [0.25, 0.3) is 0 Å². The normalized spacial score (nSPS) is 7.00. The van der Waals surface area contributed by atoms with Crippen molar-refractivity contribution in [2.75, 3.05) is 0 Å². The van der Waals surface area contributed by atoms with Crippen LogP contribution in [-0.2, 0) is 0 Å². The second kappa shape index (κ2) is 6.79. The third-order valence-electron chi connectivity index (χ3n) is 0.313. The first-order chi connectivity index (χ1) is 5.40. The Balaban J connectivity index is 0. The van der Waals surface area contributed by atoms with Gasteiger partial charge in [-0.15, -0.1) is 0 Å². The Morgan fingerprint density at radius 1 is 1.25 bits per heavy atom. The summed E-state index contributed by atoms with van der Waals surface area (Å²) in [7, 11) is 0. The standard InChI is InChI=1S/CH6N4.N3O4/c2-1(3)5-4;4-2(5)1-3(6)7/h4H2,(H4,2,3,5);/q;-1/p+1. The molecule has 0 amide bonds. The SMILES string of the molecule is N[NH+]=C(N)N.O=[N+]([O-])[N-][N+](=O)[O-]. The van der Waals surface area contributed by atoms with Crippen LogP contribution >= 0.6 is 0 Å². The fraction of sp³-hybridized carbons (Fsp3) is 0. The van der Waals surface area contributed by atoms with Gasteiger partial charge < -0.3 is 0 Å². The molecule has 0 bridgehead atoms. The Morgan fingerprint density at radius 2 is 1.50 bits per heavy atom. The summed E-state index contributed by atoms with van der Waals surface area (Å²) in [6.07, 6.45) is 0. The Bertz CT molecular complexity index is 170. The number of nitrogens with two attached hydrogens (primary N) is 3. The van der Waals surface area contributed by atoms with Crippen molar-refractivity contribution in [1.82, 2.24) is 0 Å². The van der Waals surface area contributed by atoms with Crippen LogP contribution in [0, 0.1) is 20.2 Å². The summed E-state index contributed by atoms with van der Waals surface area (Å²) in [5.41, 5.74) is 11.2. The Kier molecular flexibility index (Phi) is 6.99. The molecule has 12 heavy (non-hydrogen) atoms. The van der Waals surface area contributed by atoms with Gasteiger partial charge in [0.2, 0.25) is 0 Å². The van der Waals surface area contributed by atoms with Crippen LogP contribution in [0.15, 0.2) is 0 Å². The van der Waals surface area contributed by atoms with Crippen LogP contribution in [0.5, 0.6) is 0 Å². The molecule has 7 N–H and O–H groups in total. The number of hydrazone groups is 1.